The van der Waals surface area contributed by atoms with Crippen molar-refractivity contribution in [1.82, 2.24) is 0 Å². The monoisotopic (exact) mass is 302 g/mol. The molecule has 2 aromatic rings. The third kappa shape index (κ3) is 3.08. The number of rotatable bonds is 3. The Labute approximate surface area is 114 Å². The van der Waals surface area contributed by atoms with Crippen molar-refractivity contribution in [3.8, 4) is 0 Å². The summed E-state index contributed by atoms with van der Waals surface area (Å²) in [7, 11) is 0. The Morgan fingerprint density at radius 2 is 1.78 bits per heavy atom. The Morgan fingerprint density at radius 1 is 1.06 bits per heavy atom. The number of carbonyl (C=O) groups is 1. The molecule has 0 heterocycles. The maximum Gasteiger partial charge on any atom is 0.336 e. The normalized spacial score (nSPS) is 10.7. The first kappa shape index (κ1) is 12.6. The first-order chi connectivity index (χ1) is 8.66. The minimum atomic E-state index is -0.927. The number of hydrogen-bond donors (Lipinski definition) is 1. The first-order valence-electron chi connectivity index (χ1n) is 5.43. The molecule has 0 saturated heterocycles. The van der Waals surface area contributed by atoms with E-state index in [0.717, 1.165) is 10.0 Å². The fraction of sp³-hybridized carbons (Fsp3) is 0. The lowest BCUT2D eigenvalue weighted by atomic mass is 10.1. The smallest absolute Gasteiger partial charge is 0.336 e. The van der Waals surface area contributed by atoms with E-state index < -0.39 is 5.97 Å². The van der Waals surface area contributed by atoms with Gasteiger partial charge in [0.15, 0.2) is 0 Å². The van der Waals surface area contributed by atoms with Crippen LogP contribution >= 0.6 is 15.9 Å². The molecule has 0 unspecified atom stereocenters. The number of carboxylic acids is 1. The van der Waals surface area contributed by atoms with Gasteiger partial charge in [0.05, 0.1) is 5.56 Å². The predicted molar refractivity (Wildman–Crippen MR) is 76.5 cm³/mol. The Bertz CT molecular complexity index is 589. The van der Waals surface area contributed by atoms with Crippen LogP contribution < -0.4 is 0 Å². The fourth-order valence-electron chi connectivity index (χ4n) is 1.61. The summed E-state index contributed by atoms with van der Waals surface area (Å²) in [5.74, 6) is -0.927. The molecule has 0 amide bonds. The number of aromatic carboxylic acids is 1. The van der Waals surface area contributed by atoms with Gasteiger partial charge in [0, 0.05) is 4.47 Å². The Kier molecular flexibility index (Phi) is 3.95. The van der Waals surface area contributed by atoms with E-state index in [0.29, 0.717) is 5.56 Å². The molecule has 0 bridgehead atoms. The second-order valence-corrected chi connectivity index (χ2v) is 4.70. The van der Waals surface area contributed by atoms with Gasteiger partial charge in [-0.15, -0.1) is 0 Å². The third-order valence-corrected chi connectivity index (χ3v) is 2.99. The lowest BCUT2D eigenvalue weighted by Gasteiger charge is -2.02. The van der Waals surface area contributed by atoms with Crippen LogP contribution in [0, 0.1) is 0 Å². The number of benzene rings is 2. The van der Waals surface area contributed by atoms with E-state index in [-0.39, 0.29) is 5.56 Å². The van der Waals surface area contributed by atoms with E-state index in [1.165, 1.54) is 0 Å². The summed E-state index contributed by atoms with van der Waals surface area (Å²) in [4.78, 5) is 11.1. The first-order valence-corrected chi connectivity index (χ1v) is 6.22. The highest BCUT2D eigenvalue weighted by molar-refractivity contribution is 9.10. The lowest BCUT2D eigenvalue weighted by molar-refractivity contribution is 0.0696. The summed E-state index contributed by atoms with van der Waals surface area (Å²) in [6.07, 6.45) is 3.71. The molecule has 0 aliphatic carbocycles. The van der Waals surface area contributed by atoms with Gasteiger partial charge in [-0.3, -0.25) is 0 Å². The van der Waals surface area contributed by atoms with E-state index in [1.54, 1.807) is 12.1 Å². The SMILES string of the molecule is O=C(O)c1cc(Br)ccc1C=Cc1ccccc1. The van der Waals surface area contributed by atoms with Crippen molar-refractivity contribution in [2.45, 2.75) is 0 Å². The van der Waals surface area contributed by atoms with Crippen molar-refractivity contribution in [3.63, 3.8) is 0 Å². The Balaban J connectivity index is 2.35. The zero-order valence-electron chi connectivity index (χ0n) is 9.51. The van der Waals surface area contributed by atoms with E-state index in [9.17, 15) is 4.79 Å². The second-order valence-electron chi connectivity index (χ2n) is 3.78. The molecule has 0 aromatic heterocycles. The lowest BCUT2D eigenvalue weighted by Crippen LogP contribution is -1.99. The van der Waals surface area contributed by atoms with Gasteiger partial charge in [0.2, 0.25) is 0 Å². The molecule has 2 aromatic carbocycles. The van der Waals surface area contributed by atoms with Crippen LogP contribution in [0.5, 0.6) is 0 Å². The van der Waals surface area contributed by atoms with Crippen LogP contribution in [0.15, 0.2) is 53.0 Å². The van der Waals surface area contributed by atoms with Gasteiger partial charge in [-0.1, -0.05) is 64.5 Å². The zero-order chi connectivity index (χ0) is 13.0. The van der Waals surface area contributed by atoms with E-state index >= 15 is 0 Å². The number of carboxylic acid groups (broad SMARTS) is 1. The van der Waals surface area contributed by atoms with Gasteiger partial charge in [-0.2, -0.15) is 0 Å². The highest BCUT2D eigenvalue weighted by Crippen LogP contribution is 2.19. The third-order valence-electron chi connectivity index (χ3n) is 2.50. The topological polar surface area (TPSA) is 37.3 Å². The zero-order valence-corrected chi connectivity index (χ0v) is 11.1. The maximum absolute atomic E-state index is 11.1. The van der Waals surface area contributed by atoms with Crippen molar-refractivity contribution in [1.29, 1.82) is 0 Å². The Hall–Kier alpha value is -1.87. The van der Waals surface area contributed by atoms with Crippen LogP contribution in [0.1, 0.15) is 21.5 Å². The summed E-state index contributed by atoms with van der Waals surface area (Å²) in [5, 5.41) is 9.13. The average molecular weight is 303 g/mol. The van der Waals surface area contributed by atoms with Crippen molar-refractivity contribution in [2.75, 3.05) is 0 Å². The molecule has 3 heteroatoms. The van der Waals surface area contributed by atoms with Crippen LogP contribution in [0.4, 0.5) is 0 Å². The van der Waals surface area contributed by atoms with Gasteiger partial charge >= 0.3 is 5.97 Å². The van der Waals surface area contributed by atoms with Crippen LogP contribution in [0.2, 0.25) is 0 Å². The minimum absolute atomic E-state index is 0.288. The Morgan fingerprint density at radius 3 is 2.44 bits per heavy atom. The quantitative estimate of drug-likeness (QED) is 0.858. The van der Waals surface area contributed by atoms with Crippen molar-refractivity contribution < 1.29 is 9.90 Å². The van der Waals surface area contributed by atoms with Crippen LogP contribution in [-0.4, -0.2) is 11.1 Å². The van der Waals surface area contributed by atoms with Gasteiger partial charge in [-0.05, 0) is 23.3 Å². The highest BCUT2D eigenvalue weighted by Gasteiger charge is 2.07. The number of hydrogen-bond acceptors (Lipinski definition) is 1. The fourth-order valence-corrected chi connectivity index (χ4v) is 1.97. The predicted octanol–water partition coefficient (Wildman–Crippen LogP) is 4.32. The molecule has 18 heavy (non-hydrogen) atoms. The molecule has 1 N–H and O–H groups in total. The van der Waals surface area contributed by atoms with Crippen molar-refractivity contribution in [2.24, 2.45) is 0 Å². The molecule has 0 aliphatic heterocycles. The standard InChI is InChI=1S/C15H11BrO2/c16-13-9-8-12(14(10-13)15(17)18)7-6-11-4-2-1-3-5-11/h1-10H,(H,17,18). The average Bonchev–Trinajstić information content (AvgIpc) is 2.38. The van der Waals surface area contributed by atoms with Crippen LogP contribution in [0.3, 0.4) is 0 Å². The van der Waals surface area contributed by atoms with Crippen molar-refractivity contribution >= 4 is 34.1 Å². The molecule has 0 aliphatic rings. The highest BCUT2D eigenvalue weighted by atomic mass is 79.9. The summed E-state index contributed by atoms with van der Waals surface area (Å²) >= 11 is 3.27. The van der Waals surface area contributed by atoms with E-state index in [4.69, 9.17) is 5.11 Å². The molecular weight excluding hydrogens is 292 g/mol. The van der Waals surface area contributed by atoms with Gasteiger partial charge in [0.1, 0.15) is 0 Å². The minimum Gasteiger partial charge on any atom is -0.478 e. The van der Waals surface area contributed by atoms with Gasteiger partial charge < -0.3 is 5.11 Å². The van der Waals surface area contributed by atoms with Crippen LogP contribution in [-0.2, 0) is 0 Å². The summed E-state index contributed by atoms with van der Waals surface area (Å²) in [6, 6.07) is 15.0. The van der Waals surface area contributed by atoms with Crippen LogP contribution in [0.25, 0.3) is 12.2 Å². The maximum atomic E-state index is 11.1. The van der Waals surface area contributed by atoms with Gasteiger partial charge in [0.25, 0.3) is 0 Å². The summed E-state index contributed by atoms with van der Waals surface area (Å²) in [5.41, 5.74) is 2.02. The summed E-state index contributed by atoms with van der Waals surface area (Å²) in [6.45, 7) is 0. The number of halogens is 1. The molecule has 0 fully saturated rings. The summed E-state index contributed by atoms with van der Waals surface area (Å²) < 4.78 is 0.761. The van der Waals surface area contributed by atoms with E-state index in [2.05, 4.69) is 15.9 Å². The molecule has 2 nitrogen and oxygen atoms in total. The second kappa shape index (κ2) is 5.65. The molecular formula is C15H11BrO2. The van der Waals surface area contributed by atoms with E-state index in [1.807, 2.05) is 48.6 Å². The molecule has 0 radical (unpaired) electrons. The molecule has 2 rings (SSSR count). The molecule has 0 saturated carbocycles. The van der Waals surface area contributed by atoms with Gasteiger partial charge in [-0.25, -0.2) is 4.79 Å². The molecule has 0 atom stereocenters. The molecule has 90 valence electrons. The molecule has 0 spiro atoms. The largest absolute Gasteiger partial charge is 0.478 e. The van der Waals surface area contributed by atoms with Crippen molar-refractivity contribution in [3.05, 3.63) is 69.7 Å².